The van der Waals surface area contributed by atoms with Gasteiger partial charge in [0.15, 0.2) is 5.82 Å². The number of likely N-dealkylation sites (N-methyl/N-ethyl adjacent to an activating group) is 1. The van der Waals surface area contributed by atoms with Crippen LogP contribution in [0.3, 0.4) is 0 Å². The van der Waals surface area contributed by atoms with Gasteiger partial charge in [-0.25, -0.2) is 19.7 Å². The Kier molecular flexibility index (Phi) is 6.67. The zero-order valence-electron chi connectivity index (χ0n) is 21.6. The highest BCUT2D eigenvalue weighted by Crippen LogP contribution is 2.45. The summed E-state index contributed by atoms with van der Waals surface area (Å²) >= 11 is 1.21. The topological polar surface area (TPSA) is 103 Å². The number of nitrogens with one attached hydrogen (secondary N) is 2. The van der Waals surface area contributed by atoms with E-state index in [2.05, 4.69) is 37.4 Å². The standard InChI is InChI=1S/C27H26BN7O3S/c1-33-9-11-34(12-10-33)14-16-3-5-17(6-4-16)31-25(36)23-22-21-24(29-15-30-26(21)39-23)35(27(37)32-22)18-7-8-19(28)20(13-18)38-2/h3-8,13,15H,9-12,14H2,1-2H3,(H,31,36)(H,32,37). The predicted molar refractivity (Wildman–Crippen MR) is 154 cm³/mol. The molecule has 2 aromatic carbocycles. The quantitative estimate of drug-likeness (QED) is 0.363. The van der Waals surface area contributed by atoms with Crippen LogP contribution < -0.4 is 25.7 Å². The molecular formula is C27H26BN7O3S. The minimum atomic E-state index is -0.449. The Balaban J connectivity index is 1.25. The summed E-state index contributed by atoms with van der Waals surface area (Å²) in [5, 5.41) is 6.44. The molecule has 2 aliphatic rings. The predicted octanol–water partition coefficient (Wildman–Crippen LogP) is 3.18. The highest BCUT2D eigenvalue weighted by Gasteiger charge is 2.34. The molecule has 10 nitrogen and oxygen atoms in total. The third-order valence-electron chi connectivity index (χ3n) is 7.01. The van der Waals surface area contributed by atoms with E-state index < -0.39 is 6.03 Å². The molecule has 0 saturated carbocycles. The Labute approximate surface area is 231 Å². The highest BCUT2D eigenvalue weighted by atomic mass is 32.1. The first-order chi connectivity index (χ1) is 18.9. The summed E-state index contributed by atoms with van der Waals surface area (Å²) in [6, 6.07) is 12.5. The summed E-state index contributed by atoms with van der Waals surface area (Å²) in [4.78, 5) is 42.5. The van der Waals surface area contributed by atoms with E-state index in [1.165, 1.54) is 35.2 Å². The molecule has 0 bridgehead atoms. The molecule has 0 atom stereocenters. The van der Waals surface area contributed by atoms with Gasteiger partial charge in [-0.05, 0) is 30.8 Å². The molecule has 3 amide bonds. The van der Waals surface area contributed by atoms with Gasteiger partial charge in [0.2, 0.25) is 0 Å². The lowest BCUT2D eigenvalue weighted by atomic mass is 9.94. The fraction of sp³-hybridized carbons (Fsp3) is 0.259. The van der Waals surface area contributed by atoms with Gasteiger partial charge in [0, 0.05) is 44.5 Å². The molecule has 2 aromatic heterocycles. The van der Waals surface area contributed by atoms with Crippen LogP contribution in [0.1, 0.15) is 15.2 Å². The van der Waals surface area contributed by atoms with Crippen molar-refractivity contribution < 1.29 is 14.3 Å². The second kappa shape index (κ2) is 10.3. The highest BCUT2D eigenvalue weighted by molar-refractivity contribution is 7.21. The Hall–Kier alpha value is -4.00. The maximum atomic E-state index is 13.4. The van der Waals surface area contributed by atoms with Crippen LogP contribution in [-0.2, 0) is 6.54 Å². The van der Waals surface area contributed by atoms with Gasteiger partial charge in [-0.2, -0.15) is 0 Å². The van der Waals surface area contributed by atoms with Crippen molar-refractivity contribution in [1.82, 2.24) is 19.8 Å². The molecular weight excluding hydrogens is 513 g/mol. The van der Waals surface area contributed by atoms with E-state index in [1.54, 1.807) is 18.2 Å². The van der Waals surface area contributed by atoms with Crippen LogP contribution in [-0.4, -0.2) is 79.9 Å². The number of methoxy groups -OCH3 is 1. The molecule has 1 saturated heterocycles. The van der Waals surface area contributed by atoms with Crippen LogP contribution in [0.25, 0.3) is 10.2 Å². The summed E-state index contributed by atoms with van der Waals surface area (Å²) in [6.45, 7) is 5.11. The molecule has 6 rings (SSSR count). The third-order valence-corrected chi connectivity index (χ3v) is 8.11. The minimum absolute atomic E-state index is 0.325. The number of aromatic nitrogens is 2. The van der Waals surface area contributed by atoms with Gasteiger partial charge >= 0.3 is 6.03 Å². The fourth-order valence-corrected chi connectivity index (χ4v) is 5.84. The molecule has 4 aromatic rings. The average Bonchev–Trinajstić information content (AvgIpc) is 3.31. The molecule has 2 aliphatic heterocycles. The number of thiophene rings is 1. The van der Waals surface area contributed by atoms with Crippen molar-refractivity contribution >= 4 is 69.7 Å². The van der Waals surface area contributed by atoms with E-state index >= 15 is 0 Å². The number of urea groups is 1. The first-order valence-corrected chi connectivity index (χ1v) is 13.4. The number of hydrogen-bond donors (Lipinski definition) is 2. The first kappa shape index (κ1) is 25.3. The zero-order valence-corrected chi connectivity index (χ0v) is 22.4. The molecule has 12 heteroatoms. The van der Waals surface area contributed by atoms with Gasteiger partial charge in [0.25, 0.3) is 5.91 Å². The van der Waals surface area contributed by atoms with Crippen molar-refractivity contribution in [3.05, 3.63) is 59.2 Å². The average molecular weight is 539 g/mol. The van der Waals surface area contributed by atoms with Crippen LogP contribution >= 0.6 is 11.3 Å². The maximum absolute atomic E-state index is 13.4. The molecule has 0 spiro atoms. The number of amides is 3. The molecule has 4 heterocycles. The van der Waals surface area contributed by atoms with Crippen LogP contribution in [0, 0.1) is 0 Å². The Bertz CT molecular complexity index is 1570. The fourth-order valence-electron chi connectivity index (χ4n) is 4.85. The summed E-state index contributed by atoms with van der Waals surface area (Å²) in [5.41, 5.74) is 3.25. The smallest absolute Gasteiger partial charge is 0.332 e. The van der Waals surface area contributed by atoms with Gasteiger partial charge in [0.05, 0.1) is 23.9 Å². The second-order valence-corrected chi connectivity index (χ2v) is 10.6. The van der Waals surface area contributed by atoms with Crippen LogP contribution in [0.4, 0.5) is 27.7 Å². The number of benzene rings is 2. The normalized spacial score (nSPS) is 15.8. The SMILES string of the molecule is [B]c1ccc(N2C(=O)Nc3c(C(=O)Nc4ccc(CN5CCN(C)CC5)cc4)sc4ncnc2c34)cc1OC. The molecule has 39 heavy (non-hydrogen) atoms. The Morgan fingerprint density at radius 1 is 1.13 bits per heavy atom. The van der Waals surface area contributed by atoms with Gasteiger partial charge in [-0.1, -0.05) is 23.7 Å². The molecule has 196 valence electrons. The Morgan fingerprint density at radius 3 is 2.64 bits per heavy atom. The number of hydrogen-bond acceptors (Lipinski definition) is 8. The Morgan fingerprint density at radius 2 is 1.90 bits per heavy atom. The molecule has 0 aliphatic carbocycles. The summed E-state index contributed by atoms with van der Waals surface area (Å²) in [5.74, 6) is 0.499. The van der Waals surface area contributed by atoms with Crippen molar-refractivity contribution in [2.24, 2.45) is 0 Å². The maximum Gasteiger partial charge on any atom is 0.332 e. The number of carbonyl (C=O) groups excluding carboxylic acids is 2. The molecule has 0 unspecified atom stereocenters. The van der Waals surface area contributed by atoms with Crippen molar-refractivity contribution in [1.29, 1.82) is 0 Å². The summed E-state index contributed by atoms with van der Waals surface area (Å²) < 4.78 is 5.32. The number of rotatable bonds is 6. The van der Waals surface area contributed by atoms with Crippen molar-refractivity contribution in [2.45, 2.75) is 6.54 Å². The van der Waals surface area contributed by atoms with Gasteiger partial charge in [0.1, 0.15) is 29.6 Å². The monoisotopic (exact) mass is 539 g/mol. The van der Waals surface area contributed by atoms with E-state index in [-0.39, 0.29) is 5.91 Å². The zero-order chi connectivity index (χ0) is 27.1. The van der Waals surface area contributed by atoms with Gasteiger partial charge < -0.3 is 20.3 Å². The number of ether oxygens (including phenoxy) is 1. The number of piperazine rings is 1. The molecule has 2 radical (unpaired) electrons. The van der Waals surface area contributed by atoms with Crippen molar-refractivity contribution in [2.75, 3.05) is 55.9 Å². The van der Waals surface area contributed by atoms with E-state index in [9.17, 15) is 9.59 Å². The molecule has 1 fully saturated rings. The van der Waals surface area contributed by atoms with Crippen LogP contribution in [0.2, 0.25) is 0 Å². The number of nitrogens with zero attached hydrogens (tertiary/aromatic N) is 5. The second-order valence-electron chi connectivity index (χ2n) is 9.61. The summed E-state index contributed by atoms with van der Waals surface area (Å²) in [6.07, 6.45) is 1.39. The minimum Gasteiger partial charge on any atom is -0.497 e. The third kappa shape index (κ3) is 4.82. The van der Waals surface area contributed by atoms with Gasteiger partial charge in [-0.3, -0.25) is 9.69 Å². The number of anilines is 4. The van der Waals surface area contributed by atoms with Gasteiger partial charge in [-0.15, -0.1) is 11.3 Å². The van der Waals surface area contributed by atoms with Crippen LogP contribution in [0.5, 0.6) is 5.75 Å². The van der Waals surface area contributed by atoms with E-state index in [0.717, 1.165) is 32.7 Å². The lowest BCUT2D eigenvalue weighted by Gasteiger charge is -2.32. The van der Waals surface area contributed by atoms with Crippen LogP contribution in [0.15, 0.2) is 48.8 Å². The number of carbonyl (C=O) groups is 2. The van der Waals surface area contributed by atoms with Crippen molar-refractivity contribution in [3.8, 4) is 5.75 Å². The van der Waals surface area contributed by atoms with Crippen molar-refractivity contribution in [3.63, 3.8) is 0 Å². The lowest BCUT2D eigenvalue weighted by molar-refractivity contribution is 0.103. The first-order valence-electron chi connectivity index (χ1n) is 12.5. The largest absolute Gasteiger partial charge is 0.497 e. The summed E-state index contributed by atoms with van der Waals surface area (Å²) in [7, 11) is 9.61. The molecule has 2 N–H and O–H groups in total. The van der Waals surface area contributed by atoms with E-state index in [1.807, 2.05) is 24.3 Å². The van der Waals surface area contributed by atoms with E-state index in [4.69, 9.17) is 12.6 Å². The lowest BCUT2D eigenvalue weighted by Crippen LogP contribution is -2.43. The van der Waals surface area contributed by atoms with E-state index in [0.29, 0.717) is 49.2 Å².